The van der Waals surface area contributed by atoms with Crippen molar-refractivity contribution in [2.75, 3.05) is 0 Å². The Balaban J connectivity index is 2.07. The molecule has 0 aliphatic rings. The molecule has 3 aromatic carbocycles. The zero-order valence-corrected chi connectivity index (χ0v) is 12.0. The van der Waals surface area contributed by atoms with E-state index in [2.05, 4.69) is 0 Å². The normalized spacial score (nSPS) is 11.1. The Bertz CT molecular complexity index is 1110. The first-order valence-corrected chi connectivity index (χ1v) is 7.11. The van der Waals surface area contributed by atoms with Gasteiger partial charge in [0.05, 0.1) is 5.56 Å². The molecule has 0 aliphatic heterocycles. The number of phenols is 2. The molecule has 0 fully saturated rings. The van der Waals surface area contributed by atoms with Gasteiger partial charge in [-0.2, -0.15) is 0 Å². The SMILES string of the molecule is O=c1oc2ccc3ccccc3c2cc1-c1ccc(O)c(O)c1. The van der Waals surface area contributed by atoms with Crippen molar-refractivity contribution in [3.8, 4) is 22.6 Å². The second-order valence-corrected chi connectivity index (χ2v) is 5.35. The first-order valence-electron chi connectivity index (χ1n) is 7.11. The maximum Gasteiger partial charge on any atom is 0.344 e. The predicted octanol–water partition coefficient (Wildman–Crippen LogP) is 4.02. The van der Waals surface area contributed by atoms with Gasteiger partial charge in [-0.05, 0) is 40.6 Å². The van der Waals surface area contributed by atoms with E-state index in [1.807, 2.05) is 30.3 Å². The molecule has 0 amide bonds. The van der Waals surface area contributed by atoms with Gasteiger partial charge in [0, 0.05) is 5.39 Å². The Kier molecular flexibility index (Phi) is 2.84. The van der Waals surface area contributed by atoms with E-state index in [1.54, 1.807) is 18.2 Å². The van der Waals surface area contributed by atoms with Crippen molar-refractivity contribution in [2.24, 2.45) is 0 Å². The van der Waals surface area contributed by atoms with E-state index in [0.29, 0.717) is 16.7 Å². The van der Waals surface area contributed by atoms with Gasteiger partial charge in [-0.1, -0.05) is 36.4 Å². The highest BCUT2D eigenvalue weighted by Gasteiger charge is 2.11. The van der Waals surface area contributed by atoms with Crippen LogP contribution >= 0.6 is 0 Å². The topological polar surface area (TPSA) is 70.7 Å². The number of rotatable bonds is 1. The van der Waals surface area contributed by atoms with Crippen LogP contribution in [-0.4, -0.2) is 10.2 Å². The van der Waals surface area contributed by atoms with E-state index in [1.165, 1.54) is 12.1 Å². The largest absolute Gasteiger partial charge is 0.504 e. The minimum absolute atomic E-state index is 0.232. The molecule has 4 nitrogen and oxygen atoms in total. The molecular formula is C19H12O4. The molecule has 0 unspecified atom stereocenters. The molecule has 0 atom stereocenters. The predicted molar refractivity (Wildman–Crippen MR) is 88.8 cm³/mol. The van der Waals surface area contributed by atoms with E-state index < -0.39 is 5.63 Å². The lowest BCUT2D eigenvalue weighted by atomic mass is 10.0. The van der Waals surface area contributed by atoms with Crippen LogP contribution in [0.2, 0.25) is 0 Å². The van der Waals surface area contributed by atoms with Crippen molar-refractivity contribution in [1.82, 2.24) is 0 Å². The molecule has 2 N–H and O–H groups in total. The minimum Gasteiger partial charge on any atom is -0.504 e. The third-order valence-electron chi connectivity index (χ3n) is 3.93. The van der Waals surface area contributed by atoms with E-state index in [-0.39, 0.29) is 11.5 Å². The first-order chi connectivity index (χ1) is 11.1. The van der Waals surface area contributed by atoms with Gasteiger partial charge in [-0.25, -0.2) is 4.79 Å². The summed E-state index contributed by atoms with van der Waals surface area (Å²) < 4.78 is 5.43. The van der Waals surface area contributed by atoms with Crippen LogP contribution in [0.1, 0.15) is 0 Å². The number of benzene rings is 3. The second-order valence-electron chi connectivity index (χ2n) is 5.35. The molecule has 1 aromatic heterocycles. The Labute approximate surface area is 130 Å². The molecule has 0 radical (unpaired) electrons. The van der Waals surface area contributed by atoms with Gasteiger partial charge in [0.25, 0.3) is 0 Å². The van der Waals surface area contributed by atoms with E-state index in [4.69, 9.17) is 4.42 Å². The molecule has 23 heavy (non-hydrogen) atoms. The number of hydrogen-bond donors (Lipinski definition) is 2. The van der Waals surface area contributed by atoms with E-state index in [9.17, 15) is 15.0 Å². The van der Waals surface area contributed by atoms with E-state index in [0.717, 1.165) is 16.2 Å². The summed E-state index contributed by atoms with van der Waals surface area (Å²) in [6, 6.07) is 17.5. The van der Waals surface area contributed by atoms with Crippen molar-refractivity contribution in [2.45, 2.75) is 0 Å². The molecule has 0 aliphatic carbocycles. The van der Waals surface area contributed by atoms with Crippen molar-refractivity contribution < 1.29 is 14.6 Å². The van der Waals surface area contributed by atoms with Gasteiger partial charge in [0.1, 0.15) is 5.58 Å². The Hall–Kier alpha value is -3.27. The van der Waals surface area contributed by atoms with Gasteiger partial charge < -0.3 is 14.6 Å². The summed E-state index contributed by atoms with van der Waals surface area (Å²) in [5, 5.41) is 21.9. The van der Waals surface area contributed by atoms with Crippen molar-refractivity contribution in [3.05, 3.63) is 71.1 Å². The van der Waals surface area contributed by atoms with Crippen LogP contribution in [0.4, 0.5) is 0 Å². The van der Waals surface area contributed by atoms with Crippen LogP contribution in [0.25, 0.3) is 32.9 Å². The van der Waals surface area contributed by atoms with Crippen LogP contribution in [0.15, 0.2) is 69.9 Å². The number of hydrogen-bond acceptors (Lipinski definition) is 4. The smallest absolute Gasteiger partial charge is 0.344 e. The van der Waals surface area contributed by atoms with Gasteiger partial charge in [-0.3, -0.25) is 0 Å². The lowest BCUT2D eigenvalue weighted by Gasteiger charge is -2.06. The molecule has 1 heterocycles. The average molecular weight is 304 g/mol. The van der Waals surface area contributed by atoms with Crippen LogP contribution in [0.5, 0.6) is 11.5 Å². The standard InChI is InChI=1S/C19H12O4/c20-16-7-5-12(9-17(16)21)14-10-15-13-4-2-1-3-11(13)6-8-18(15)23-19(14)22/h1-10,20-21H. The minimum atomic E-state index is -0.488. The summed E-state index contributed by atoms with van der Waals surface area (Å²) in [5.41, 5.74) is 0.853. The second kappa shape index (κ2) is 4.88. The third-order valence-corrected chi connectivity index (χ3v) is 3.93. The Morgan fingerprint density at radius 3 is 2.43 bits per heavy atom. The van der Waals surface area contributed by atoms with Crippen molar-refractivity contribution in [1.29, 1.82) is 0 Å². The van der Waals surface area contributed by atoms with E-state index >= 15 is 0 Å². The maximum atomic E-state index is 12.3. The zero-order valence-electron chi connectivity index (χ0n) is 12.0. The Morgan fingerprint density at radius 2 is 1.61 bits per heavy atom. The molecule has 0 saturated heterocycles. The summed E-state index contributed by atoms with van der Waals surface area (Å²) in [6.45, 7) is 0. The fourth-order valence-electron chi connectivity index (χ4n) is 2.76. The molecule has 0 saturated carbocycles. The highest BCUT2D eigenvalue weighted by atomic mass is 16.4. The van der Waals surface area contributed by atoms with Crippen LogP contribution in [0, 0.1) is 0 Å². The van der Waals surface area contributed by atoms with Crippen LogP contribution in [-0.2, 0) is 0 Å². The maximum absolute atomic E-state index is 12.3. The third kappa shape index (κ3) is 2.12. The molecule has 0 bridgehead atoms. The average Bonchev–Trinajstić information content (AvgIpc) is 2.56. The van der Waals surface area contributed by atoms with Gasteiger partial charge in [0.2, 0.25) is 0 Å². The number of aromatic hydroxyl groups is 2. The highest BCUT2D eigenvalue weighted by molar-refractivity contribution is 6.06. The summed E-state index contributed by atoms with van der Waals surface area (Å²) in [6.07, 6.45) is 0. The molecule has 4 rings (SSSR count). The van der Waals surface area contributed by atoms with Gasteiger partial charge >= 0.3 is 5.63 Å². The summed E-state index contributed by atoms with van der Waals surface area (Å²) in [5.74, 6) is -0.510. The number of fused-ring (bicyclic) bond motifs is 3. The Morgan fingerprint density at radius 1 is 0.783 bits per heavy atom. The monoisotopic (exact) mass is 304 g/mol. The fourth-order valence-corrected chi connectivity index (χ4v) is 2.76. The van der Waals surface area contributed by atoms with Crippen molar-refractivity contribution >= 4 is 21.7 Å². The highest BCUT2D eigenvalue weighted by Crippen LogP contribution is 2.32. The lowest BCUT2D eigenvalue weighted by molar-refractivity contribution is 0.404. The van der Waals surface area contributed by atoms with Crippen LogP contribution in [0.3, 0.4) is 0 Å². The molecule has 112 valence electrons. The summed E-state index contributed by atoms with van der Waals surface area (Å²) >= 11 is 0. The summed E-state index contributed by atoms with van der Waals surface area (Å²) in [7, 11) is 0. The first kappa shape index (κ1) is 13.4. The lowest BCUT2D eigenvalue weighted by Crippen LogP contribution is -2.02. The van der Waals surface area contributed by atoms with Gasteiger partial charge in [-0.15, -0.1) is 0 Å². The van der Waals surface area contributed by atoms with Crippen LogP contribution < -0.4 is 5.63 Å². The van der Waals surface area contributed by atoms with Gasteiger partial charge in [0.15, 0.2) is 11.5 Å². The fraction of sp³-hybridized carbons (Fsp3) is 0. The molecule has 4 aromatic rings. The number of phenolic OH excluding ortho intramolecular Hbond substituents is 2. The molecule has 4 heteroatoms. The molecule has 0 spiro atoms. The zero-order chi connectivity index (χ0) is 16.0. The van der Waals surface area contributed by atoms with Crippen molar-refractivity contribution in [3.63, 3.8) is 0 Å². The molecular weight excluding hydrogens is 292 g/mol. The quantitative estimate of drug-likeness (QED) is 0.316. The summed E-state index contributed by atoms with van der Waals surface area (Å²) in [4.78, 5) is 12.3.